The van der Waals surface area contributed by atoms with Crippen molar-refractivity contribution in [3.63, 3.8) is 0 Å². The molecule has 0 heterocycles. The molecule has 1 rings (SSSR count). The summed E-state index contributed by atoms with van der Waals surface area (Å²) in [6.45, 7) is 1.43. The van der Waals surface area contributed by atoms with Gasteiger partial charge in [0.25, 0.3) is 0 Å². The summed E-state index contributed by atoms with van der Waals surface area (Å²) in [5.74, 6) is 0.384. The number of hydrogen-bond acceptors (Lipinski definition) is 3. The molecule has 2 N–H and O–H groups in total. The van der Waals surface area contributed by atoms with Crippen LogP contribution in [-0.4, -0.2) is 54.4 Å². The van der Waals surface area contributed by atoms with Crippen molar-refractivity contribution in [2.24, 2.45) is 5.92 Å². The van der Waals surface area contributed by atoms with Crippen LogP contribution in [0.1, 0.15) is 32.6 Å². The lowest BCUT2D eigenvalue weighted by atomic mass is 9.87. The lowest BCUT2D eigenvalue weighted by Crippen LogP contribution is -2.46. The summed E-state index contributed by atoms with van der Waals surface area (Å²) in [6, 6.07) is 0.125. The summed E-state index contributed by atoms with van der Waals surface area (Å²) in [4.78, 5) is 12.9. The van der Waals surface area contributed by atoms with Gasteiger partial charge in [-0.25, -0.2) is 0 Å². The molecule has 4 nitrogen and oxygen atoms in total. The van der Waals surface area contributed by atoms with Gasteiger partial charge in [-0.3, -0.25) is 9.69 Å². The number of nitrogens with zero attached hydrogens (tertiary/aromatic N) is 1. The predicted octanol–water partition coefficient (Wildman–Crippen LogP) is 1.54. The Morgan fingerprint density at radius 2 is 1.90 bits per heavy atom. The molecule has 0 aromatic carbocycles. The smallest absolute Gasteiger partial charge is 0.382 e. The molecular weight excluding hydrogens is 273 g/mol. The number of rotatable bonds is 5. The Kier molecular flexibility index (Phi) is 6.26. The summed E-state index contributed by atoms with van der Waals surface area (Å²) in [5.41, 5.74) is 0. The fourth-order valence-corrected chi connectivity index (χ4v) is 2.39. The van der Waals surface area contributed by atoms with Gasteiger partial charge < -0.3 is 10.4 Å². The zero-order valence-electron chi connectivity index (χ0n) is 11.9. The van der Waals surface area contributed by atoms with E-state index in [0.29, 0.717) is 5.92 Å². The van der Waals surface area contributed by atoms with Crippen molar-refractivity contribution >= 4 is 5.91 Å². The van der Waals surface area contributed by atoms with E-state index in [1.54, 1.807) is 0 Å². The number of alkyl halides is 3. The maximum Gasteiger partial charge on any atom is 0.415 e. The highest BCUT2D eigenvalue weighted by atomic mass is 19.4. The van der Waals surface area contributed by atoms with E-state index < -0.39 is 18.8 Å². The number of carbonyl (C=O) groups is 1. The second-order valence-electron chi connectivity index (χ2n) is 5.78. The molecule has 1 saturated carbocycles. The molecule has 0 aromatic rings. The monoisotopic (exact) mass is 296 g/mol. The fraction of sp³-hybridized carbons (Fsp3) is 0.923. The number of carbonyl (C=O) groups excluding carboxylic acids is 1. The minimum atomic E-state index is -4.65. The van der Waals surface area contributed by atoms with Crippen molar-refractivity contribution in [1.29, 1.82) is 0 Å². The lowest BCUT2D eigenvalue weighted by Gasteiger charge is -2.28. The van der Waals surface area contributed by atoms with E-state index in [-0.39, 0.29) is 18.5 Å². The number of likely N-dealkylation sites (N-methyl/N-ethyl adjacent to an activating group) is 1. The van der Waals surface area contributed by atoms with Crippen LogP contribution in [0.2, 0.25) is 0 Å². The van der Waals surface area contributed by atoms with E-state index in [1.165, 1.54) is 11.9 Å². The number of aliphatic hydroxyl groups is 1. The molecule has 0 saturated heterocycles. The molecule has 7 heteroatoms. The van der Waals surface area contributed by atoms with Crippen molar-refractivity contribution in [2.75, 3.05) is 20.1 Å². The first-order valence-electron chi connectivity index (χ1n) is 6.91. The third kappa shape index (κ3) is 6.09. The Bertz CT molecular complexity index is 315. The molecule has 0 radical (unpaired) electrons. The highest BCUT2D eigenvalue weighted by molar-refractivity contribution is 5.78. The lowest BCUT2D eigenvalue weighted by molar-refractivity contribution is -0.207. The molecule has 118 valence electrons. The van der Waals surface area contributed by atoms with Crippen molar-refractivity contribution in [2.45, 2.75) is 50.9 Å². The molecule has 1 aliphatic rings. The van der Waals surface area contributed by atoms with Gasteiger partial charge in [0.2, 0.25) is 5.91 Å². The SMILES string of the molecule is CC1CCC(NC(=O)CN(C)CC(O)C(F)(F)F)CC1. The first-order valence-corrected chi connectivity index (χ1v) is 6.91. The molecule has 0 aromatic heterocycles. The van der Waals surface area contributed by atoms with Gasteiger partial charge in [0.05, 0.1) is 6.54 Å². The van der Waals surface area contributed by atoms with Gasteiger partial charge in [0.15, 0.2) is 6.10 Å². The van der Waals surface area contributed by atoms with Crippen molar-refractivity contribution < 1.29 is 23.1 Å². The molecule has 0 bridgehead atoms. The summed E-state index contributed by atoms with van der Waals surface area (Å²) < 4.78 is 36.5. The average Bonchev–Trinajstić information content (AvgIpc) is 2.30. The van der Waals surface area contributed by atoms with Gasteiger partial charge in [0, 0.05) is 12.6 Å². The molecule has 1 aliphatic carbocycles. The largest absolute Gasteiger partial charge is 0.415 e. The molecular formula is C13H23F3N2O2. The maximum atomic E-state index is 12.2. The van der Waals surface area contributed by atoms with Crippen LogP contribution in [0.5, 0.6) is 0 Å². The molecule has 1 amide bonds. The zero-order valence-corrected chi connectivity index (χ0v) is 11.9. The first kappa shape index (κ1) is 17.2. The molecule has 0 aliphatic heterocycles. The normalized spacial score (nSPS) is 25.6. The zero-order chi connectivity index (χ0) is 15.3. The predicted molar refractivity (Wildman–Crippen MR) is 69.1 cm³/mol. The minimum absolute atomic E-state index is 0.125. The van der Waals surface area contributed by atoms with E-state index in [4.69, 9.17) is 5.11 Å². The molecule has 0 spiro atoms. The van der Waals surface area contributed by atoms with E-state index >= 15 is 0 Å². The van der Waals surface area contributed by atoms with Gasteiger partial charge in [-0.1, -0.05) is 6.92 Å². The van der Waals surface area contributed by atoms with Crippen LogP contribution in [0, 0.1) is 5.92 Å². The third-order valence-corrected chi connectivity index (χ3v) is 3.66. The Morgan fingerprint density at radius 3 is 2.40 bits per heavy atom. The summed E-state index contributed by atoms with van der Waals surface area (Å²) in [5, 5.41) is 11.8. The number of halogens is 3. The van der Waals surface area contributed by atoms with Gasteiger partial charge in [-0.2, -0.15) is 13.2 Å². The first-order chi connectivity index (χ1) is 9.18. The number of nitrogens with one attached hydrogen (secondary N) is 1. The van der Waals surface area contributed by atoms with Gasteiger partial charge in [0.1, 0.15) is 0 Å². The summed E-state index contributed by atoms with van der Waals surface area (Å²) in [7, 11) is 1.39. The van der Waals surface area contributed by atoms with Gasteiger partial charge in [-0.15, -0.1) is 0 Å². The highest BCUT2D eigenvalue weighted by Gasteiger charge is 2.38. The van der Waals surface area contributed by atoms with Gasteiger partial charge in [-0.05, 0) is 38.6 Å². The number of aliphatic hydroxyl groups excluding tert-OH is 1. The second-order valence-corrected chi connectivity index (χ2v) is 5.78. The van der Waals surface area contributed by atoms with Crippen molar-refractivity contribution in [1.82, 2.24) is 10.2 Å². The number of hydrogen-bond donors (Lipinski definition) is 2. The topological polar surface area (TPSA) is 52.6 Å². The molecule has 1 fully saturated rings. The van der Waals surface area contributed by atoms with E-state index in [9.17, 15) is 18.0 Å². The van der Waals surface area contributed by atoms with Crippen molar-refractivity contribution in [3.05, 3.63) is 0 Å². The fourth-order valence-electron chi connectivity index (χ4n) is 2.39. The number of amides is 1. The van der Waals surface area contributed by atoms with Crippen LogP contribution >= 0.6 is 0 Å². The van der Waals surface area contributed by atoms with Crippen LogP contribution < -0.4 is 5.32 Å². The van der Waals surface area contributed by atoms with Crippen LogP contribution in [-0.2, 0) is 4.79 Å². The molecule has 1 atom stereocenters. The van der Waals surface area contributed by atoms with Crippen LogP contribution in [0.25, 0.3) is 0 Å². The van der Waals surface area contributed by atoms with Crippen LogP contribution in [0.15, 0.2) is 0 Å². The van der Waals surface area contributed by atoms with E-state index in [0.717, 1.165) is 25.7 Å². The van der Waals surface area contributed by atoms with E-state index in [2.05, 4.69) is 12.2 Å². The average molecular weight is 296 g/mol. The maximum absolute atomic E-state index is 12.2. The third-order valence-electron chi connectivity index (χ3n) is 3.66. The van der Waals surface area contributed by atoms with Crippen LogP contribution in [0.4, 0.5) is 13.2 Å². The quantitative estimate of drug-likeness (QED) is 0.809. The Morgan fingerprint density at radius 1 is 1.35 bits per heavy atom. The molecule has 20 heavy (non-hydrogen) atoms. The molecule has 1 unspecified atom stereocenters. The Balaban J connectivity index is 2.28. The van der Waals surface area contributed by atoms with E-state index in [1.807, 2.05) is 0 Å². The Hall–Kier alpha value is -0.820. The minimum Gasteiger partial charge on any atom is -0.382 e. The van der Waals surface area contributed by atoms with Crippen molar-refractivity contribution in [3.8, 4) is 0 Å². The summed E-state index contributed by atoms with van der Waals surface area (Å²) >= 11 is 0. The standard InChI is InChI=1S/C13H23F3N2O2/c1-9-3-5-10(6-4-9)17-12(20)8-18(2)7-11(19)13(14,15)16/h9-11,19H,3-8H2,1-2H3,(H,17,20). The Labute approximate surface area is 117 Å². The summed E-state index contributed by atoms with van der Waals surface area (Å²) in [6.07, 6.45) is -3.11. The van der Waals surface area contributed by atoms with Gasteiger partial charge >= 0.3 is 6.18 Å². The second kappa shape index (κ2) is 7.26. The van der Waals surface area contributed by atoms with Crippen LogP contribution in [0.3, 0.4) is 0 Å². The highest BCUT2D eigenvalue weighted by Crippen LogP contribution is 2.23.